The zero-order valence-corrected chi connectivity index (χ0v) is 9.60. The molecule has 1 atom stereocenters. The largest absolute Gasteiger partial charge is 0.329 e. The Morgan fingerprint density at radius 2 is 2.00 bits per heavy atom. The molecule has 0 fully saturated rings. The summed E-state index contributed by atoms with van der Waals surface area (Å²) >= 11 is 0. The molecule has 0 amide bonds. The summed E-state index contributed by atoms with van der Waals surface area (Å²) in [6, 6.07) is 2.40. The molecule has 0 bridgehead atoms. The van der Waals surface area contributed by atoms with Crippen LogP contribution in [0.15, 0.2) is 23.1 Å². The Kier molecular flexibility index (Phi) is 3.98. The Labute approximate surface area is 93.2 Å². The summed E-state index contributed by atoms with van der Waals surface area (Å²) in [7, 11) is -3.82. The van der Waals surface area contributed by atoms with Crippen molar-refractivity contribution >= 4 is 9.84 Å². The number of rotatable bonds is 4. The Hall–Kier alpha value is -1.01. The lowest BCUT2D eigenvalue weighted by Gasteiger charge is -2.14. The molecule has 1 rings (SSSR count). The summed E-state index contributed by atoms with van der Waals surface area (Å²) in [4.78, 5) is -0.494. The molecule has 16 heavy (non-hydrogen) atoms. The van der Waals surface area contributed by atoms with Gasteiger partial charge in [0.25, 0.3) is 0 Å². The van der Waals surface area contributed by atoms with E-state index in [1.807, 2.05) is 0 Å². The van der Waals surface area contributed by atoms with Crippen molar-refractivity contribution in [1.82, 2.24) is 0 Å². The topological polar surface area (TPSA) is 60.2 Å². The van der Waals surface area contributed by atoms with Gasteiger partial charge in [-0.25, -0.2) is 17.2 Å². The van der Waals surface area contributed by atoms with Gasteiger partial charge in [-0.15, -0.1) is 0 Å². The molecule has 0 aliphatic rings. The predicted octanol–water partition coefficient (Wildman–Crippen LogP) is 1.48. The van der Waals surface area contributed by atoms with Gasteiger partial charge in [0.05, 0.1) is 5.25 Å². The van der Waals surface area contributed by atoms with Gasteiger partial charge in [-0.05, 0) is 18.6 Å². The first-order valence-electron chi connectivity index (χ1n) is 4.82. The van der Waals surface area contributed by atoms with Gasteiger partial charge in [0.2, 0.25) is 0 Å². The summed E-state index contributed by atoms with van der Waals surface area (Å²) in [5.74, 6) is -1.89. The number of sulfone groups is 1. The average molecular weight is 249 g/mol. The molecule has 2 N–H and O–H groups in total. The third-order valence-electron chi connectivity index (χ3n) is 2.36. The molecule has 0 saturated heterocycles. The lowest BCUT2D eigenvalue weighted by atomic mass is 10.3. The summed E-state index contributed by atoms with van der Waals surface area (Å²) in [6.07, 6.45) is 0.287. The highest BCUT2D eigenvalue weighted by atomic mass is 32.2. The van der Waals surface area contributed by atoms with Crippen molar-refractivity contribution in [1.29, 1.82) is 0 Å². The van der Waals surface area contributed by atoms with Crippen LogP contribution in [0, 0.1) is 11.6 Å². The maximum atomic E-state index is 13.3. The van der Waals surface area contributed by atoms with E-state index in [4.69, 9.17) is 5.73 Å². The minimum atomic E-state index is -3.82. The fraction of sp³-hybridized carbons (Fsp3) is 0.400. The SMILES string of the molecule is CCC(CN)S(=O)(=O)c1ccc(F)cc1F. The smallest absolute Gasteiger partial charge is 0.185 e. The van der Waals surface area contributed by atoms with E-state index < -0.39 is 31.6 Å². The standard InChI is InChI=1S/C10H13F2NO2S/c1-2-8(6-13)16(14,15)10-4-3-7(11)5-9(10)12/h3-5,8H,2,6,13H2,1H3. The van der Waals surface area contributed by atoms with E-state index in [1.54, 1.807) is 6.92 Å². The molecule has 1 aromatic rings. The van der Waals surface area contributed by atoms with Gasteiger partial charge in [0.15, 0.2) is 9.84 Å². The molecule has 0 aliphatic carbocycles. The fourth-order valence-electron chi connectivity index (χ4n) is 1.40. The maximum absolute atomic E-state index is 13.3. The highest BCUT2D eigenvalue weighted by molar-refractivity contribution is 7.92. The van der Waals surface area contributed by atoms with Crippen LogP contribution >= 0.6 is 0 Å². The van der Waals surface area contributed by atoms with Crippen molar-refractivity contribution < 1.29 is 17.2 Å². The normalized spacial score (nSPS) is 13.8. The maximum Gasteiger partial charge on any atom is 0.185 e. The van der Waals surface area contributed by atoms with Crippen molar-refractivity contribution in [3.63, 3.8) is 0 Å². The molecular formula is C10H13F2NO2S. The number of nitrogens with two attached hydrogens (primary N) is 1. The Morgan fingerprint density at radius 1 is 1.38 bits per heavy atom. The molecule has 3 nitrogen and oxygen atoms in total. The fourth-order valence-corrected chi connectivity index (χ4v) is 3.04. The van der Waals surface area contributed by atoms with E-state index in [-0.39, 0.29) is 13.0 Å². The first-order chi connectivity index (χ1) is 7.43. The van der Waals surface area contributed by atoms with Crippen molar-refractivity contribution in [2.75, 3.05) is 6.54 Å². The molecule has 0 spiro atoms. The quantitative estimate of drug-likeness (QED) is 0.822. The van der Waals surface area contributed by atoms with Crippen molar-refractivity contribution in [2.45, 2.75) is 23.5 Å². The summed E-state index contributed by atoms with van der Waals surface area (Å²) in [6.45, 7) is 1.56. The highest BCUT2D eigenvalue weighted by Crippen LogP contribution is 2.21. The number of halogens is 2. The van der Waals surface area contributed by atoms with E-state index in [2.05, 4.69) is 0 Å². The van der Waals surface area contributed by atoms with Gasteiger partial charge in [-0.1, -0.05) is 6.92 Å². The Bertz CT molecular complexity index is 470. The lowest BCUT2D eigenvalue weighted by molar-refractivity contribution is 0.541. The van der Waals surface area contributed by atoms with E-state index in [0.29, 0.717) is 6.07 Å². The van der Waals surface area contributed by atoms with Gasteiger partial charge in [0, 0.05) is 12.6 Å². The van der Waals surface area contributed by atoms with Gasteiger partial charge in [0.1, 0.15) is 16.5 Å². The Morgan fingerprint density at radius 3 is 2.44 bits per heavy atom. The minimum Gasteiger partial charge on any atom is -0.329 e. The van der Waals surface area contributed by atoms with E-state index in [0.717, 1.165) is 12.1 Å². The molecule has 0 aromatic heterocycles. The predicted molar refractivity (Wildman–Crippen MR) is 56.7 cm³/mol. The van der Waals surface area contributed by atoms with Crippen LogP contribution in [-0.2, 0) is 9.84 Å². The van der Waals surface area contributed by atoms with E-state index in [1.165, 1.54) is 0 Å². The lowest BCUT2D eigenvalue weighted by Crippen LogP contribution is -2.29. The average Bonchev–Trinajstić information content (AvgIpc) is 2.18. The number of hydrogen-bond donors (Lipinski definition) is 1. The highest BCUT2D eigenvalue weighted by Gasteiger charge is 2.27. The zero-order chi connectivity index (χ0) is 12.3. The van der Waals surface area contributed by atoms with E-state index in [9.17, 15) is 17.2 Å². The molecule has 1 unspecified atom stereocenters. The van der Waals surface area contributed by atoms with Crippen LogP contribution in [0.2, 0.25) is 0 Å². The second-order valence-corrected chi connectivity index (χ2v) is 5.58. The zero-order valence-electron chi connectivity index (χ0n) is 8.78. The van der Waals surface area contributed by atoms with Crippen molar-refractivity contribution in [3.05, 3.63) is 29.8 Å². The molecule has 0 heterocycles. The molecule has 0 radical (unpaired) electrons. The monoisotopic (exact) mass is 249 g/mol. The van der Waals surface area contributed by atoms with Crippen LogP contribution in [0.1, 0.15) is 13.3 Å². The molecule has 1 aromatic carbocycles. The second kappa shape index (κ2) is 4.88. The van der Waals surface area contributed by atoms with Crippen molar-refractivity contribution in [3.8, 4) is 0 Å². The van der Waals surface area contributed by atoms with Gasteiger partial charge >= 0.3 is 0 Å². The van der Waals surface area contributed by atoms with Crippen LogP contribution in [0.4, 0.5) is 8.78 Å². The van der Waals surface area contributed by atoms with Gasteiger partial charge in [-0.3, -0.25) is 0 Å². The first kappa shape index (κ1) is 13.1. The summed E-state index contributed by atoms with van der Waals surface area (Å²) in [5, 5.41) is -0.840. The van der Waals surface area contributed by atoms with Gasteiger partial charge < -0.3 is 5.73 Å². The molecule has 6 heteroatoms. The van der Waals surface area contributed by atoms with Crippen LogP contribution in [0.3, 0.4) is 0 Å². The van der Waals surface area contributed by atoms with Crippen LogP contribution < -0.4 is 5.73 Å². The van der Waals surface area contributed by atoms with Crippen molar-refractivity contribution in [2.24, 2.45) is 5.73 Å². The van der Waals surface area contributed by atoms with E-state index >= 15 is 0 Å². The first-order valence-corrected chi connectivity index (χ1v) is 6.37. The third kappa shape index (κ3) is 2.38. The summed E-state index contributed by atoms with van der Waals surface area (Å²) in [5.41, 5.74) is 5.31. The molecule has 0 aliphatic heterocycles. The minimum absolute atomic E-state index is 0.0876. The van der Waals surface area contributed by atoms with Crippen LogP contribution in [0.5, 0.6) is 0 Å². The molecular weight excluding hydrogens is 236 g/mol. The number of hydrogen-bond acceptors (Lipinski definition) is 3. The number of benzene rings is 1. The van der Waals surface area contributed by atoms with Crippen LogP contribution in [-0.4, -0.2) is 20.2 Å². The van der Waals surface area contributed by atoms with Crippen LogP contribution in [0.25, 0.3) is 0 Å². The molecule has 0 saturated carbocycles. The Balaban J connectivity index is 3.27. The second-order valence-electron chi connectivity index (χ2n) is 3.39. The molecule has 90 valence electrons. The van der Waals surface area contributed by atoms with Gasteiger partial charge in [-0.2, -0.15) is 0 Å². The third-order valence-corrected chi connectivity index (χ3v) is 4.71. The summed E-state index contributed by atoms with van der Waals surface area (Å²) < 4.78 is 49.7.